The van der Waals surface area contributed by atoms with E-state index >= 15 is 0 Å². The van der Waals surface area contributed by atoms with Crippen LogP contribution in [-0.4, -0.2) is 12.4 Å². The van der Waals surface area contributed by atoms with Crippen molar-refractivity contribution < 1.29 is 13.9 Å². The van der Waals surface area contributed by atoms with Crippen LogP contribution in [0.4, 0.5) is 0 Å². The van der Waals surface area contributed by atoms with Gasteiger partial charge in [-0.15, -0.1) is 0 Å². The molecular weight excluding hydrogens is 355 g/mol. The van der Waals surface area contributed by atoms with Crippen molar-refractivity contribution in [1.82, 2.24) is 0 Å². The summed E-state index contributed by atoms with van der Waals surface area (Å²) >= 11 is 15.3. The lowest BCUT2D eigenvalue weighted by molar-refractivity contribution is 0.101. The third kappa shape index (κ3) is 3.14. The van der Waals surface area contributed by atoms with E-state index in [1.807, 2.05) is 6.92 Å². The molecule has 0 atom stereocenters. The second kappa shape index (κ2) is 5.99. The van der Waals surface area contributed by atoms with Gasteiger partial charge >= 0.3 is 0 Å². The zero-order chi connectivity index (χ0) is 14.0. The van der Waals surface area contributed by atoms with E-state index in [0.717, 1.165) is 0 Å². The van der Waals surface area contributed by atoms with Gasteiger partial charge in [0.2, 0.25) is 5.78 Å². The van der Waals surface area contributed by atoms with Crippen LogP contribution in [0.3, 0.4) is 0 Å². The third-order valence-corrected chi connectivity index (χ3v) is 3.40. The molecule has 0 bridgehead atoms. The normalized spacial score (nSPS) is 10.5. The SMILES string of the molecule is CCOc1cc(Cl)c(C(=O)c2ccc(Br)o2)cc1Cl. The summed E-state index contributed by atoms with van der Waals surface area (Å²) in [5, 5.41) is 0.602. The molecule has 19 heavy (non-hydrogen) atoms. The third-order valence-electron chi connectivity index (χ3n) is 2.36. The van der Waals surface area contributed by atoms with Crippen LogP contribution >= 0.6 is 39.1 Å². The van der Waals surface area contributed by atoms with Crippen LogP contribution < -0.4 is 4.74 Å². The molecule has 1 heterocycles. The molecule has 0 aliphatic carbocycles. The van der Waals surface area contributed by atoms with Crippen molar-refractivity contribution in [2.45, 2.75) is 6.92 Å². The Morgan fingerprint density at radius 3 is 2.63 bits per heavy atom. The number of carbonyl (C=O) groups is 1. The highest BCUT2D eigenvalue weighted by atomic mass is 79.9. The van der Waals surface area contributed by atoms with E-state index in [1.54, 1.807) is 12.1 Å². The van der Waals surface area contributed by atoms with Crippen molar-refractivity contribution in [3.63, 3.8) is 0 Å². The van der Waals surface area contributed by atoms with Crippen LogP contribution in [0.25, 0.3) is 0 Å². The predicted octanol–water partition coefficient (Wildman–Crippen LogP) is 4.98. The van der Waals surface area contributed by atoms with E-state index < -0.39 is 0 Å². The van der Waals surface area contributed by atoms with Gasteiger partial charge in [-0.3, -0.25) is 4.79 Å². The molecule has 0 amide bonds. The van der Waals surface area contributed by atoms with Crippen LogP contribution in [0.15, 0.2) is 33.4 Å². The number of ketones is 1. The lowest BCUT2D eigenvalue weighted by atomic mass is 10.1. The Kier molecular flexibility index (Phi) is 4.55. The lowest BCUT2D eigenvalue weighted by Crippen LogP contribution is -2.02. The Hall–Kier alpha value is -0.970. The highest BCUT2D eigenvalue weighted by Crippen LogP contribution is 2.32. The van der Waals surface area contributed by atoms with E-state index in [4.69, 9.17) is 32.4 Å². The molecule has 0 aliphatic heterocycles. The molecular formula is C13H9BrCl2O3. The minimum atomic E-state index is -0.333. The molecule has 0 saturated heterocycles. The maximum absolute atomic E-state index is 12.2. The van der Waals surface area contributed by atoms with Crippen molar-refractivity contribution in [3.8, 4) is 5.75 Å². The summed E-state index contributed by atoms with van der Waals surface area (Å²) in [5.74, 6) is 0.306. The Morgan fingerprint density at radius 1 is 1.32 bits per heavy atom. The lowest BCUT2D eigenvalue weighted by Gasteiger charge is -2.08. The zero-order valence-corrected chi connectivity index (χ0v) is 13.0. The Labute approximate surface area is 128 Å². The van der Waals surface area contributed by atoms with Crippen molar-refractivity contribution in [3.05, 3.63) is 50.3 Å². The second-order valence-electron chi connectivity index (χ2n) is 3.63. The van der Waals surface area contributed by atoms with Gasteiger partial charge in [0.1, 0.15) is 5.75 Å². The van der Waals surface area contributed by atoms with Gasteiger partial charge in [0, 0.05) is 11.6 Å². The van der Waals surface area contributed by atoms with Gasteiger partial charge in [0.25, 0.3) is 0 Å². The predicted molar refractivity (Wildman–Crippen MR) is 77.5 cm³/mol. The summed E-state index contributed by atoms with van der Waals surface area (Å²) in [6.07, 6.45) is 0. The van der Waals surface area contributed by atoms with Gasteiger partial charge in [-0.25, -0.2) is 0 Å². The maximum atomic E-state index is 12.2. The summed E-state index contributed by atoms with van der Waals surface area (Å²) in [7, 11) is 0. The second-order valence-corrected chi connectivity index (χ2v) is 5.22. The van der Waals surface area contributed by atoms with E-state index in [2.05, 4.69) is 15.9 Å². The summed E-state index contributed by atoms with van der Waals surface area (Å²) in [4.78, 5) is 12.2. The standard InChI is InChI=1S/C13H9BrCl2O3/c1-2-18-11-6-8(15)7(5-9(11)16)13(17)10-3-4-12(14)19-10/h3-6H,2H2,1H3. The summed E-state index contributed by atoms with van der Waals surface area (Å²) < 4.78 is 11.0. The Balaban J connectivity index is 2.40. The van der Waals surface area contributed by atoms with Crippen LogP contribution in [-0.2, 0) is 0 Å². The van der Waals surface area contributed by atoms with Gasteiger partial charge in [0.15, 0.2) is 10.4 Å². The number of halogens is 3. The molecule has 0 unspecified atom stereocenters. The average Bonchev–Trinajstić information content (AvgIpc) is 2.79. The monoisotopic (exact) mass is 362 g/mol. The zero-order valence-electron chi connectivity index (χ0n) is 9.88. The van der Waals surface area contributed by atoms with Gasteiger partial charge in [-0.05, 0) is 41.1 Å². The van der Waals surface area contributed by atoms with Crippen LogP contribution in [0.5, 0.6) is 5.75 Å². The molecule has 6 heteroatoms. The smallest absolute Gasteiger partial charge is 0.229 e. The first-order valence-corrected chi connectivity index (χ1v) is 6.99. The molecule has 1 aromatic heterocycles. The maximum Gasteiger partial charge on any atom is 0.229 e. The molecule has 1 aromatic carbocycles. The molecule has 3 nitrogen and oxygen atoms in total. The number of hydrogen-bond donors (Lipinski definition) is 0. The highest BCUT2D eigenvalue weighted by Gasteiger charge is 2.19. The molecule has 0 fully saturated rings. The van der Waals surface area contributed by atoms with Gasteiger partial charge < -0.3 is 9.15 Å². The first-order valence-electron chi connectivity index (χ1n) is 5.44. The molecule has 2 rings (SSSR count). The fourth-order valence-electron chi connectivity index (χ4n) is 1.54. The first-order chi connectivity index (χ1) is 9.02. The molecule has 0 radical (unpaired) electrons. The van der Waals surface area contributed by atoms with E-state index in [9.17, 15) is 4.79 Å². The minimum absolute atomic E-state index is 0.189. The number of furan rings is 1. The van der Waals surface area contributed by atoms with Gasteiger partial charge in [-0.1, -0.05) is 23.2 Å². The molecule has 2 aromatic rings. The largest absolute Gasteiger partial charge is 0.492 e. The Morgan fingerprint density at radius 2 is 2.05 bits per heavy atom. The molecule has 100 valence electrons. The fraction of sp³-hybridized carbons (Fsp3) is 0.154. The highest BCUT2D eigenvalue weighted by molar-refractivity contribution is 9.10. The summed E-state index contributed by atoms with van der Waals surface area (Å²) in [6, 6.07) is 6.21. The van der Waals surface area contributed by atoms with Crippen molar-refractivity contribution in [2.75, 3.05) is 6.61 Å². The molecule has 0 aliphatic rings. The van der Waals surface area contributed by atoms with E-state index in [1.165, 1.54) is 12.1 Å². The number of carbonyl (C=O) groups excluding carboxylic acids is 1. The number of hydrogen-bond acceptors (Lipinski definition) is 3. The van der Waals surface area contributed by atoms with Gasteiger partial charge in [-0.2, -0.15) is 0 Å². The minimum Gasteiger partial charge on any atom is -0.492 e. The number of rotatable bonds is 4. The molecule has 0 N–H and O–H groups in total. The van der Waals surface area contributed by atoms with Crippen LogP contribution in [0.2, 0.25) is 10.0 Å². The van der Waals surface area contributed by atoms with E-state index in [0.29, 0.717) is 22.0 Å². The van der Waals surface area contributed by atoms with Gasteiger partial charge in [0.05, 0.1) is 16.7 Å². The van der Waals surface area contributed by atoms with Crippen molar-refractivity contribution in [1.29, 1.82) is 0 Å². The Bertz CT molecular complexity index is 622. The first kappa shape index (κ1) is 14.4. The fourth-order valence-corrected chi connectivity index (χ4v) is 2.30. The summed E-state index contributed by atoms with van der Waals surface area (Å²) in [6.45, 7) is 2.30. The van der Waals surface area contributed by atoms with Crippen LogP contribution in [0, 0.1) is 0 Å². The molecule has 0 saturated carbocycles. The summed E-state index contributed by atoms with van der Waals surface area (Å²) in [5.41, 5.74) is 0.275. The number of benzene rings is 1. The van der Waals surface area contributed by atoms with Crippen molar-refractivity contribution >= 4 is 44.9 Å². The topological polar surface area (TPSA) is 39.4 Å². The van der Waals surface area contributed by atoms with E-state index in [-0.39, 0.29) is 22.1 Å². The quantitative estimate of drug-likeness (QED) is 0.719. The van der Waals surface area contributed by atoms with Crippen molar-refractivity contribution in [2.24, 2.45) is 0 Å². The molecule has 0 spiro atoms. The number of ether oxygens (including phenoxy) is 1. The van der Waals surface area contributed by atoms with Crippen LogP contribution in [0.1, 0.15) is 23.0 Å². The average molecular weight is 364 g/mol.